The molecular formula is C8H7N3O4S3. The number of anilines is 1. The number of aromatic carboxylic acids is 1. The number of nitrogens with zero attached hydrogens (tertiary/aromatic N) is 2. The number of nitrogens with one attached hydrogen (secondary N) is 1. The molecule has 0 fully saturated rings. The lowest BCUT2D eigenvalue weighted by Crippen LogP contribution is -2.12. The van der Waals surface area contributed by atoms with E-state index >= 15 is 0 Å². The molecule has 2 rings (SSSR count). The third-order valence-electron chi connectivity index (χ3n) is 1.84. The van der Waals surface area contributed by atoms with Crippen LogP contribution in [0.2, 0.25) is 0 Å². The molecule has 96 valence electrons. The molecule has 2 heterocycles. The second kappa shape index (κ2) is 4.63. The fraction of sp³-hybridized carbons (Fsp3) is 0.125. The number of carboxylic acid groups (broad SMARTS) is 1. The quantitative estimate of drug-likeness (QED) is 0.883. The zero-order chi connectivity index (χ0) is 13.3. The van der Waals surface area contributed by atoms with Gasteiger partial charge in [-0.3, -0.25) is 4.72 Å². The molecule has 0 aliphatic rings. The molecule has 2 aromatic rings. The van der Waals surface area contributed by atoms with Crippen LogP contribution in [0.5, 0.6) is 0 Å². The number of aryl methyl sites for hydroxylation is 1. The van der Waals surface area contributed by atoms with Crippen molar-refractivity contribution in [2.75, 3.05) is 4.72 Å². The lowest BCUT2D eigenvalue weighted by molar-refractivity contribution is 0.0702. The van der Waals surface area contributed by atoms with Crippen molar-refractivity contribution in [3.05, 3.63) is 21.3 Å². The lowest BCUT2D eigenvalue weighted by atomic mass is 10.5. The molecule has 0 amide bonds. The molecule has 0 saturated heterocycles. The van der Waals surface area contributed by atoms with Crippen LogP contribution < -0.4 is 4.72 Å². The number of hydrogen-bond acceptors (Lipinski definition) is 7. The van der Waals surface area contributed by atoms with Crippen LogP contribution in [0, 0.1) is 6.92 Å². The first-order valence-corrected chi connectivity index (χ1v) is 7.71. The molecule has 10 heteroatoms. The van der Waals surface area contributed by atoms with Crippen molar-refractivity contribution in [2.45, 2.75) is 11.8 Å². The van der Waals surface area contributed by atoms with Gasteiger partial charge in [0.05, 0.1) is 4.90 Å². The van der Waals surface area contributed by atoms with Gasteiger partial charge in [-0.05, 0) is 13.0 Å². The van der Waals surface area contributed by atoms with E-state index < -0.39 is 16.0 Å². The third kappa shape index (κ3) is 2.66. The highest BCUT2D eigenvalue weighted by molar-refractivity contribution is 7.93. The zero-order valence-electron chi connectivity index (χ0n) is 8.95. The molecule has 0 aromatic carbocycles. The molecule has 18 heavy (non-hydrogen) atoms. The van der Waals surface area contributed by atoms with E-state index in [4.69, 9.17) is 5.11 Å². The average Bonchev–Trinajstić information content (AvgIpc) is 2.86. The van der Waals surface area contributed by atoms with Gasteiger partial charge in [0, 0.05) is 5.38 Å². The summed E-state index contributed by atoms with van der Waals surface area (Å²) in [7, 11) is -3.81. The molecule has 0 spiro atoms. The van der Waals surface area contributed by atoms with E-state index in [-0.39, 0.29) is 14.9 Å². The highest BCUT2D eigenvalue weighted by atomic mass is 32.2. The molecule has 2 N–H and O–H groups in total. The minimum Gasteiger partial charge on any atom is -0.477 e. The van der Waals surface area contributed by atoms with Crippen molar-refractivity contribution in [1.82, 2.24) is 10.2 Å². The van der Waals surface area contributed by atoms with Gasteiger partial charge in [0.15, 0.2) is 0 Å². The van der Waals surface area contributed by atoms with Gasteiger partial charge in [0.1, 0.15) is 9.88 Å². The van der Waals surface area contributed by atoms with Crippen molar-refractivity contribution < 1.29 is 18.3 Å². The number of carbonyl (C=O) groups is 1. The summed E-state index contributed by atoms with van der Waals surface area (Å²) in [6.07, 6.45) is 0. The summed E-state index contributed by atoms with van der Waals surface area (Å²) in [5.41, 5.74) is 0. The van der Waals surface area contributed by atoms with Crippen molar-refractivity contribution in [2.24, 2.45) is 0 Å². The van der Waals surface area contributed by atoms with Crippen molar-refractivity contribution in [3.63, 3.8) is 0 Å². The number of sulfonamides is 1. The van der Waals surface area contributed by atoms with Crippen LogP contribution in [0.15, 0.2) is 16.3 Å². The molecule has 7 nitrogen and oxygen atoms in total. The molecule has 0 unspecified atom stereocenters. The summed E-state index contributed by atoms with van der Waals surface area (Å²) in [5, 5.41) is 18.1. The van der Waals surface area contributed by atoms with Gasteiger partial charge in [-0.15, -0.1) is 21.5 Å². The minimum absolute atomic E-state index is 0.0381. The molecule has 0 aliphatic heterocycles. The first-order valence-electron chi connectivity index (χ1n) is 4.53. The predicted octanol–water partition coefficient (Wildman–Crippen LogP) is 1.41. The Morgan fingerprint density at radius 1 is 1.44 bits per heavy atom. The maximum atomic E-state index is 11.9. The Bertz CT molecular complexity index is 688. The fourth-order valence-electron chi connectivity index (χ4n) is 1.08. The monoisotopic (exact) mass is 305 g/mol. The van der Waals surface area contributed by atoms with Crippen LogP contribution in [0.1, 0.15) is 14.7 Å². The summed E-state index contributed by atoms with van der Waals surface area (Å²) in [6.45, 7) is 1.70. The van der Waals surface area contributed by atoms with Gasteiger partial charge < -0.3 is 5.11 Å². The Labute approximate surface area is 110 Å². The predicted molar refractivity (Wildman–Crippen MR) is 66.7 cm³/mol. The number of rotatable bonds is 4. The maximum absolute atomic E-state index is 11.9. The van der Waals surface area contributed by atoms with Crippen molar-refractivity contribution >= 4 is 43.8 Å². The van der Waals surface area contributed by atoms with E-state index in [0.717, 1.165) is 28.7 Å². The summed E-state index contributed by atoms with van der Waals surface area (Å²) >= 11 is 1.95. The highest BCUT2D eigenvalue weighted by Gasteiger charge is 2.20. The summed E-state index contributed by atoms with van der Waals surface area (Å²) in [5.74, 6) is -1.16. The summed E-state index contributed by atoms with van der Waals surface area (Å²) < 4.78 is 26.0. The highest BCUT2D eigenvalue weighted by Crippen LogP contribution is 2.23. The smallest absolute Gasteiger partial charge is 0.345 e. The van der Waals surface area contributed by atoms with E-state index in [0.29, 0.717) is 5.01 Å². The van der Waals surface area contributed by atoms with E-state index in [1.54, 1.807) is 6.92 Å². The molecule has 0 saturated carbocycles. The summed E-state index contributed by atoms with van der Waals surface area (Å²) in [4.78, 5) is 10.5. The lowest BCUT2D eigenvalue weighted by Gasteiger charge is -2.00. The van der Waals surface area contributed by atoms with Crippen molar-refractivity contribution in [3.8, 4) is 0 Å². The van der Waals surface area contributed by atoms with Crippen LogP contribution in [0.4, 0.5) is 5.13 Å². The Kier molecular flexibility index (Phi) is 3.32. The SMILES string of the molecule is Cc1nnc(NS(=O)(=O)c2csc(C(=O)O)c2)s1. The van der Waals surface area contributed by atoms with Gasteiger partial charge >= 0.3 is 5.97 Å². The molecule has 0 aliphatic carbocycles. The van der Waals surface area contributed by atoms with Crippen LogP contribution in [-0.2, 0) is 10.0 Å². The molecule has 0 radical (unpaired) electrons. The second-order valence-corrected chi connectivity index (χ2v) is 6.96. The number of hydrogen-bond donors (Lipinski definition) is 2. The zero-order valence-corrected chi connectivity index (χ0v) is 11.4. The van der Waals surface area contributed by atoms with Crippen LogP contribution in [0.3, 0.4) is 0 Å². The summed E-state index contributed by atoms with van der Waals surface area (Å²) in [6, 6.07) is 1.10. The van der Waals surface area contributed by atoms with Crippen LogP contribution in [0.25, 0.3) is 0 Å². The fourth-order valence-corrected chi connectivity index (χ4v) is 4.02. The Balaban J connectivity index is 2.27. The molecular weight excluding hydrogens is 298 g/mol. The third-order valence-corrected chi connectivity index (χ3v) is 5.11. The second-order valence-electron chi connectivity index (χ2n) is 3.18. The van der Waals surface area contributed by atoms with Gasteiger partial charge in [-0.25, -0.2) is 13.2 Å². The minimum atomic E-state index is -3.81. The number of thiophene rings is 1. The molecule has 0 atom stereocenters. The number of carboxylic acids is 1. The maximum Gasteiger partial charge on any atom is 0.345 e. The molecule has 2 aromatic heterocycles. The Hall–Kier alpha value is -1.52. The topological polar surface area (TPSA) is 109 Å². The first kappa shape index (κ1) is 12.9. The average molecular weight is 305 g/mol. The van der Waals surface area contributed by atoms with E-state index in [2.05, 4.69) is 14.9 Å². The van der Waals surface area contributed by atoms with Gasteiger partial charge in [-0.2, -0.15) is 0 Å². The largest absolute Gasteiger partial charge is 0.477 e. The standard InChI is InChI=1S/C8H7N3O4S3/c1-4-9-10-8(17-4)11-18(14,15)5-2-6(7(12)13)16-3-5/h2-3H,1H3,(H,10,11)(H,12,13). The van der Waals surface area contributed by atoms with Gasteiger partial charge in [-0.1, -0.05) is 11.3 Å². The molecule has 0 bridgehead atoms. The normalized spacial score (nSPS) is 11.4. The van der Waals surface area contributed by atoms with Crippen LogP contribution in [-0.4, -0.2) is 29.7 Å². The van der Waals surface area contributed by atoms with E-state index in [1.807, 2.05) is 0 Å². The van der Waals surface area contributed by atoms with Crippen molar-refractivity contribution in [1.29, 1.82) is 0 Å². The first-order chi connectivity index (χ1) is 8.38. The Morgan fingerprint density at radius 2 is 2.17 bits per heavy atom. The Morgan fingerprint density at radius 3 is 2.67 bits per heavy atom. The van der Waals surface area contributed by atoms with Crippen LogP contribution >= 0.6 is 22.7 Å². The van der Waals surface area contributed by atoms with Gasteiger partial charge in [0.25, 0.3) is 10.0 Å². The number of aromatic nitrogens is 2. The van der Waals surface area contributed by atoms with E-state index in [9.17, 15) is 13.2 Å². The van der Waals surface area contributed by atoms with Gasteiger partial charge in [0.2, 0.25) is 5.13 Å². The van der Waals surface area contributed by atoms with E-state index in [1.165, 1.54) is 5.38 Å².